The number of amides is 1. The van der Waals surface area contributed by atoms with Crippen LogP contribution in [-0.4, -0.2) is 36.2 Å². The van der Waals surface area contributed by atoms with Crippen LogP contribution in [0.25, 0.3) is 10.9 Å². The maximum absolute atomic E-state index is 12.7. The molecular weight excluding hydrogens is 358 g/mol. The molecule has 0 spiro atoms. The van der Waals surface area contributed by atoms with E-state index < -0.39 is 0 Å². The molecule has 0 fully saturated rings. The van der Waals surface area contributed by atoms with Crippen molar-refractivity contribution >= 4 is 16.8 Å². The summed E-state index contributed by atoms with van der Waals surface area (Å²) in [5.41, 5.74) is 0.401. The molecule has 1 aromatic heterocycles. The molecule has 7 nitrogen and oxygen atoms in total. The highest BCUT2D eigenvalue weighted by Gasteiger charge is 2.13. The van der Waals surface area contributed by atoms with Crippen LogP contribution in [0.3, 0.4) is 0 Å². The summed E-state index contributed by atoms with van der Waals surface area (Å²) in [5.74, 6) is 1.59. The Balaban J connectivity index is 1.58. The number of carbonyl (C=O) groups excluding carboxylic acids is 1. The molecule has 28 heavy (non-hydrogen) atoms. The third kappa shape index (κ3) is 4.71. The number of rotatable bonds is 8. The molecule has 0 bridgehead atoms. The Bertz CT molecular complexity index is 920. The van der Waals surface area contributed by atoms with Crippen LogP contribution in [0, 0.1) is 5.92 Å². The van der Waals surface area contributed by atoms with E-state index in [1.54, 1.807) is 19.2 Å². The molecule has 0 aliphatic heterocycles. The van der Waals surface area contributed by atoms with Gasteiger partial charge in [0.05, 0.1) is 31.4 Å². The van der Waals surface area contributed by atoms with Gasteiger partial charge in [0.2, 0.25) is 5.91 Å². The van der Waals surface area contributed by atoms with Gasteiger partial charge in [-0.2, -0.15) is 0 Å². The van der Waals surface area contributed by atoms with E-state index in [1.807, 2.05) is 0 Å². The maximum Gasteiger partial charge on any atom is 0.261 e. The first-order valence-electron chi connectivity index (χ1n) is 9.65. The van der Waals surface area contributed by atoms with Crippen LogP contribution in [0.4, 0.5) is 0 Å². The van der Waals surface area contributed by atoms with Crippen molar-refractivity contribution in [2.75, 3.05) is 20.8 Å². The fourth-order valence-corrected chi connectivity index (χ4v) is 3.44. The molecule has 0 saturated carbocycles. The van der Waals surface area contributed by atoms with Crippen molar-refractivity contribution in [2.45, 2.75) is 38.6 Å². The Labute approximate surface area is 164 Å². The van der Waals surface area contributed by atoms with Gasteiger partial charge in [-0.25, -0.2) is 4.98 Å². The first-order valence-corrected chi connectivity index (χ1v) is 9.65. The molecule has 0 radical (unpaired) electrons. The number of ether oxygens (including phenoxy) is 2. The summed E-state index contributed by atoms with van der Waals surface area (Å²) in [4.78, 5) is 29.1. The van der Waals surface area contributed by atoms with Crippen LogP contribution in [0.5, 0.6) is 11.5 Å². The van der Waals surface area contributed by atoms with Gasteiger partial charge in [-0.1, -0.05) is 12.2 Å². The number of fused-ring (bicyclic) bond motifs is 1. The summed E-state index contributed by atoms with van der Waals surface area (Å²) >= 11 is 0. The number of benzene rings is 1. The second-order valence-electron chi connectivity index (χ2n) is 7.03. The topological polar surface area (TPSA) is 82.5 Å². The molecule has 1 aromatic carbocycles. The molecule has 1 aliphatic rings. The van der Waals surface area contributed by atoms with E-state index in [4.69, 9.17) is 9.47 Å². The van der Waals surface area contributed by atoms with Gasteiger partial charge in [0.15, 0.2) is 11.5 Å². The number of allylic oxidation sites excluding steroid dienone is 2. The van der Waals surface area contributed by atoms with Crippen molar-refractivity contribution in [3.63, 3.8) is 0 Å². The predicted octanol–water partition coefficient (Wildman–Crippen LogP) is 2.67. The van der Waals surface area contributed by atoms with Gasteiger partial charge in [-0.15, -0.1) is 0 Å². The highest BCUT2D eigenvalue weighted by atomic mass is 16.5. The van der Waals surface area contributed by atoms with Crippen LogP contribution in [0.2, 0.25) is 0 Å². The van der Waals surface area contributed by atoms with Gasteiger partial charge in [-0.3, -0.25) is 14.2 Å². The van der Waals surface area contributed by atoms with Crippen molar-refractivity contribution in [3.05, 3.63) is 41.0 Å². The highest BCUT2D eigenvalue weighted by Crippen LogP contribution is 2.29. The average Bonchev–Trinajstić information content (AvgIpc) is 2.73. The zero-order valence-electron chi connectivity index (χ0n) is 16.4. The summed E-state index contributed by atoms with van der Waals surface area (Å²) in [5, 5.41) is 3.47. The lowest BCUT2D eigenvalue weighted by Crippen LogP contribution is -2.30. The molecule has 2 aromatic rings. The minimum atomic E-state index is -0.152. The molecule has 3 rings (SSSR count). The number of nitrogens with one attached hydrogen (secondary N) is 1. The normalized spacial score (nSPS) is 16.1. The van der Waals surface area contributed by atoms with Crippen LogP contribution >= 0.6 is 0 Å². The second kappa shape index (κ2) is 9.39. The fraction of sp³-hybridized carbons (Fsp3) is 0.476. The lowest BCUT2D eigenvalue weighted by atomic mass is 9.94. The SMILES string of the molecule is COc1cc2ncn(CCCC(=O)NCC3CC=CCC3)c(=O)c2cc1OC. The second-order valence-corrected chi connectivity index (χ2v) is 7.03. The molecule has 1 amide bonds. The fourth-order valence-electron chi connectivity index (χ4n) is 3.44. The molecular formula is C21H27N3O4. The smallest absolute Gasteiger partial charge is 0.261 e. The molecule has 1 N–H and O–H groups in total. The van der Waals surface area contributed by atoms with Gasteiger partial charge in [0.1, 0.15) is 0 Å². The number of hydrogen-bond acceptors (Lipinski definition) is 5. The molecule has 150 valence electrons. The molecule has 1 atom stereocenters. The number of carbonyl (C=O) groups is 1. The Morgan fingerprint density at radius 3 is 2.75 bits per heavy atom. The summed E-state index contributed by atoms with van der Waals surface area (Å²) in [7, 11) is 3.07. The van der Waals surface area contributed by atoms with Crippen molar-refractivity contribution in [1.29, 1.82) is 0 Å². The standard InChI is InChI=1S/C21H27N3O4/c1-27-18-11-16-17(12-19(18)28-2)23-14-24(21(16)26)10-6-9-20(25)22-13-15-7-4-3-5-8-15/h3-4,11-12,14-15H,5-10,13H2,1-2H3,(H,22,25). The molecule has 1 aliphatic carbocycles. The third-order valence-corrected chi connectivity index (χ3v) is 5.10. The Kier molecular flexibility index (Phi) is 6.68. The van der Waals surface area contributed by atoms with E-state index in [1.165, 1.54) is 18.0 Å². The lowest BCUT2D eigenvalue weighted by molar-refractivity contribution is -0.121. The lowest BCUT2D eigenvalue weighted by Gasteiger charge is -2.18. The van der Waals surface area contributed by atoms with Gasteiger partial charge in [-0.05, 0) is 37.7 Å². The van der Waals surface area contributed by atoms with E-state index >= 15 is 0 Å². The van der Waals surface area contributed by atoms with Crippen LogP contribution in [0.15, 0.2) is 35.4 Å². The van der Waals surface area contributed by atoms with E-state index in [9.17, 15) is 9.59 Å². The van der Waals surface area contributed by atoms with Gasteiger partial charge in [0.25, 0.3) is 5.56 Å². The van der Waals surface area contributed by atoms with Gasteiger partial charge >= 0.3 is 0 Å². The van der Waals surface area contributed by atoms with Crippen LogP contribution in [-0.2, 0) is 11.3 Å². The van der Waals surface area contributed by atoms with Crippen molar-refractivity contribution < 1.29 is 14.3 Å². The van der Waals surface area contributed by atoms with E-state index in [-0.39, 0.29) is 11.5 Å². The van der Waals surface area contributed by atoms with E-state index in [2.05, 4.69) is 22.5 Å². The zero-order valence-corrected chi connectivity index (χ0v) is 16.4. The number of methoxy groups -OCH3 is 2. The molecule has 7 heteroatoms. The van der Waals surface area contributed by atoms with Crippen molar-refractivity contribution in [2.24, 2.45) is 5.92 Å². The first kappa shape index (κ1) is 19.9. The highest BCUT2D eigenvalue weighted by molar-refractivity contribution is 5.81. The zero-order chi connectivity index (χ0) is 19.9. The number of aromatic nitrogens is 2. The first-order chi connectivity index (χ1) is 13.6. The Morgan fingerprint density at radius 2 is 2.04 bits per heavy atom. The molecule has 1 heterocycles. The van der Waals surface area contributed by atoms with Crippen LogP contribution in [0.1, 0.15) is 32.1 Å². The third-order valence-electron chi connectivity index (χ3n) is 5.10. The van der Waals surface area contributed by atoms with E-state index in [0.717, 1.165) is 25.8 Å². The minimum Gasteiger partial charge on any atom is -0.493 e. The predicted molar refractivity (Wildman–Crippen MR) is 108 cm³/mol. The van der Waals surface area contributed by atoms with Crippen molar-refractivity contribution in [1.82, 2.24) is 14.9 Å². The summed E-state index contributed by atoms with van der Waals surface area (Å²) in [6.07, 6.45) is 10.1. The molecule has 0 saturated heterocycles. The average molecular weight is 385 g/mol. The van der Waals surface area contributed by atoms with E-state index in [0.29, 0.717) is 47.7 Å². The summed E-state index contributed by atoms with van der Waals surface area (Å²) in [6, 6.07) is 3.33. The largest absolute Gasteiger partial charge is 0.493 e. The van der Waals surface area contributed by atoms with Crippen molar-refractivity contribution in [3.8, 4) is 11.5 Å². The number of aryl methyl sites for hydroxylation is 1. The number of hydrogen-bond donors (Lipinski definition) is 1. The monoisotopic (exact) mass is 385 g/mol. The Hall–Kier alpha value is -2.83. The maximum atomic E-state index is 12.7. The van der Waals surface area contributed by atoms with Gasteiger partial charge < -0.3 is 14.8 Å². The van der Waals surface area contributed by atoms with Gasteiger partial charge in [0, 0.05) is 25.6 Å². The Morgan fingerprint density at radius 1 is 1.25 bits per heavy atom. The minimum absolute atomic E-state index is 0.0303. The number of nitrogens with zero attached hydrogens (tertiary/aromatic N) is 2. The summed E-state index contributed by atoms with van der Waals surface area (Å²) in [6.45, 7) is 1.16. The molecule has 1 unspecified atom stereocenters. The van der Waals surface area contributed by atoms with Crippen LogP contribution < -0.4 is 20.3 Å². The summed E-state index contributed by atoms with van der Waals surface area (Å²) < 4.78 is 12.1. The quantitative estimate of drug-likeness (QED) is 0.707.